The molecule has 1 N–H and O–H groups in total. The van der Waals surface area contributed by atoms with E-state index >= 15 is 0 Å². The number of aromatic nitrogens is 5. The molecule has 1 aromatic carbocycles. The fourth-order valence-electron chi connectivity index (χ4n) is 4.72. The smallest absolute Gasteiger partial charge is 0.248 e. The Morgan fingerprint density at radius 2 is 1.95 bits per heavy atom. The van der Waals surface area contributed by atoms with Crippen molar-refractivity contribution in [3.8, 4) is 11.1 Å². The Bertz CT molecular complexity index is 1720. The minimum Gasteiger partial charge on any atom is -0.326 e. The third kappa shape index (κ3) is 5.62. The number of likely N-dealkylation sites (tertiary alicyclic amines) is 1. The summed E-state index contributed by atoms with van der Waals surface area (Å²) in [5.41, 5.74) is 11.1. The van der Waals surface area contributed by atoms with Crippen molar-refractivity contribution in [1.82, 2.24) is 29.6 Å². The lowest BCUT2D eigenvalue weighted by molar-refractivity contribution is -0.137. The zero-order valence-corrected chi connectivity index (χ0v) is 23.4. The van der Waals surface area contributed by atoms with Crippen LogP contribution in [0.25, 0.3) is 32.5 Å². The Kier molecular flexibility index (Phi) is 7.72. The fourth-order valence-corrected chi connectivity index (χ4v) is 5.06. The topological polar surface area (TPSA) is 172 Å². The second kappa shape index (κ2) is 11.4. The number of aryl methyl sites for hydroxylation is 1. The molecule has 0 spiro atoms. The predicted octanol–water partition coefficient (Wildman–Crippen LogP) is 4.03. The number of hydrogen-bond donors (Lipinski definition) is 1. The van der Waals surface area contributed by atoms with E-state index in [0.717, 1.165) is 16.0 Å². The molecule has 208 valence electrons. The van der Waals surface area contributed by atoms with E-state index in [0.29, 0.717) is 21.3 Å². The van der Waals surface area contributed by atoms with Crippen LogP contribution in [0.3, 0.4) is 0 Å². The number of amides is 2. The number of ketones is 1. The van der Waals surface area contributed by atoms with E-state index in [-0.39, 0.29) is 17.3 Å². The number of nitrogens with one attached hydrogen (secondary N) is 1. The van der Waals surface area contributed by atoms with Crippen LogP contribution in [0.15, 0.2) is 58.5 Å². The van der Waals surface area contributed by atoms with Crippen molar-refractivity contribution < 1.29 is 18.8 Å². The van der Waals surface area contributed by atoms with Gasteiger partial charge in [0.2, 0.25) is 11.8 Å². The first-order valence-electron chi connectivity index (χ1n) is 12.4. The van der Waals surface area contributed by atoms with Gasteiger partial charge in [0.15, 0.2) is 5.78 Å². The molecule has 3 aromatic heterocycles. The summed E-state index contributed by atoms with van der Waals surface area (Å²) in [5, 5.41) is 10.9. The largest absolute Gasteiger partial charge is 0.326 e. The Hall–Kier alpha value is -4.75. The molecule has 41 heavy (non-hydrogen) atoms. The normalized spacial score (nSPS) is 18.2. The van der Waals surface area contributed by atoms with Crippen molar-refractivity contribution in [2.45, 2.75) is 38.6 Å². The molecule has 13 nitrogen and oxygen atoms in total. The summed E-state index contributed by atoms with van der Waals surface area (Å²) >= 11 is 3.21. The van der Waals surface area contributed by atoms with Gasteiger partial charge in [0.05, 0.1) is 18.1 Å². The number of carbonyl (C=O) groups excluding carboxylic acids is 3. The molecule has 0 aliphatic carbocycles. The first kappa shape index (κ1) is 27.8. The highest BCUT2D eigenvalue weighted by Gasteiger charge is 2.48. The first-order chi connectivity index (χ1) is 19.7. The van der Waals surface area contributed by atoms with Crippen LogP contribution in [0.1, 0.15) is 23.2 Å². The number of benzene rings is 1. The highest BCUT2D eigenvalue weighted by molar-refractivity contribution is 9.10. The van der Waals surface area contributed by atoms with Crippen molar-refractivity contribution in [1.29, 1.82) is 0 Å². The number of carbonyl (C=O) groups is 3. The summed E-state index contributed by atoms with van der Waals surface area (Å²) < 4.78 is 16.8. The van der Waals surface area contributed by atoms with Crippen LogP contribution in [0.4, 0.5) is 10.2 Å². The van der Waals surface area contributed by atoms with Crippen molar-refractivity contribution in [2.75, 3.05) is 11.9 Å². The van der Waals surface area contributed by atoms with Gasteiger partial charge in [-0.05, 0) is 58.2 Å². The Labute approximate surface area is 240 Å². The third-order valence-corrected chi connectivity index (χ3v) is 7.07. The molecule has 0 saturated carbocycles. The zero-order chi connectivity index (χ0) is 29.3. The highest BCUT2D eigenvalue weighted by Crippen LogP contribution is 2.29. The fraction of sp³-hybridized carbons (Fsp3) is 0.269. The van der Waals surface area contributed by atoms with E-state index in [4.69, 9.17) is 5.53 Å². The zero-order valence-electron chi connectivity index (χ0n) is 21.8. The number of pyridine rings is 1. The van der Waals surface area contributed by atoms with Gasteiger partial charge >= 0.3 is 0 Å². The van der Waals surface area contributed by atoms with Crippen molar-refractivity contribution in [2.24, 2.45) is 5.11 Å². The van der Waals surface area contributed by atoms with E-state index in [1.54, 1.807) is 49.6 Å². The summed E-state index contributed by atoms with van der Waals surface area (Å²) in [5.74, 6) is -0.948. The summed E-state index contributed by atoms with van der Waals surface area (Å²) in [6.07, 6.45) is 1.56. The Morgan fingerprint density at radius 3 is 2.63 bits per heavy atom. The van der Waals surface area contributed by atoms with E-state index in [1.165, 1.54) is 17.7 Å². The van der Waals surface area contributed by atoms with Crippen LogP contribution >= 0.6 is 15.9 Å². The van der Waals surface area contributed by atoms with Gasteiger partial charge < -0.3 is 10.2 Å². The molecule has 1 aliphatic rings. The number of hydrogen-bond acceptors (Lipinski definition) is 8. The minimum absolute atomic E-state index is 0.148. The van der Waals surface area contributed by atoms with Gasteiger partial charge in [0.25, 0.3) is 0 Å². The third-order valence-electron chi connectivity index (χ3n) is 6.62. The SMILES string of the molecule is CC(=O)c1nn(CC(=O)N2C[C@H](F)[C@@H](N=[N+]=[N-])[C@H]2C(=O)Nc2cccc(Br)n2)c2ccc(-c3cnc(C)nc3)cc12. The second-order valence-electron chi connectivity index (χ2n) is 9.35. The highest BCUT2D eigenvalue weighted by atomic mass is 79.9. The lowest BCUT2D eigenvalue weighted by Crippen LogP contribution is -2.48. The molecular formula is C26H22BrFN10O3. The lowest BCUT2D eigenvalue weighted by Gasteiger charge is -2.25. The van der Waals surface area contributed by atoms with Crippen molar-refractivity contribution in [3.63, 3.8) is 0 Å². The number of anilines is 1. The van der Waals surface area contributed by atoms with Crippen LogP contribution in [0, 0.1) is 6.92 Å². The number of alkyl halides is 1. The molecule has 15 heteroatoms. The van der Waals surface area contributed by atoms with Crippen molar-refractivity contribution >= 4 is 50.2 Å². The minimum atomic E-state index is -1.78. The number of Topliss-reactive ketones (excluding diaryl/α,β-unsaturated/α-hetero) is 1. The van der Waals surface area contributed by atoms with Crippen LogP contribution in [-0.4, -0.2) is 72.0 Å². The molecule has 5 rings (SSSR count). The number of azide groups is 1. The van der Waals surface area contributed by atoms with E-state index in [9.17, 15) is 18.8 Å². The summed E-state index contributed by atoms with van der Waals surface area (Å²) in [6.45, 7) is 2.27. The quantitative estimate of drug-likeness (QED) is 0.107. The van der Waals surface area contributed by atoms with Crippen molar-refractivity contribution in [3.05, 3.63) is 75.4 Å². The molecule has 0 bridgehead atoms. The maximum absolute atomic E-state index is 15.0. The molecule has 2 amide bonds. The lowest BCUT2D eigenvalue weighted by atomic mass is 10.0. The molecule has 4 aromatic rings. The second-order valence-corrected chi connectivity index (χ2v) is 10.2. The number of halogens is 2. The van der Waals surface area contributed by atoms with Gasteiger partial charge in [-0.25, -0.2) is 19.3 Å². The van der Waals surface area contributed by atoms with Crippen LogP contribution < -0.4 is 5.32 Å². The summed E-state index contributed by atoms with van der Waals surface area (Å²) in [4.78, 5) is 55.5. The summed E-state index contributed by atoms with van der Waals surface area (Å²) in [6, 6.07) is 7.20. The Balaban J connectivity index is 1.46. The van der Waals surface area contributed by atoms with Gasteiger partial charge in [-0.2, -0.15) is 5.10 Å². The maximum Gasteiger partial charge on any atom is 0.248 e. The molecule has 3 atom stereocenters. The average Bonchev–Trinajstić information content (AvgIpc) is 3.46. The molecule has 1 fully saturated rings. The Morgan fingerprint density at radius 1 is 1.20 bits per heavy atom. The van der Waals surface area contributed by atoms with Gasteiger partial charge in [0, 0.05) is 35.2 Å². The van der Waals surface area contributed by atoms with Crippen LogP contribution in [0.2, 0.25) is 0 Å². The number of fused-ring (bicyclic) bond motifs is 1. The molecule has 0 unspecified atom stereocenters. The molecule has 1 saturated heterocycles. The predicted molar refractivity (Wildman–Crippen MR) is 149 cm³/mol. The van der Waals surface area contributed by atoms with E-state index < -0.39 is 43.2 Å². The van der Waals surface area contributed by atoms with Crippen LogP contribution in [0.5, 0.6) is 0 Å². The standard InChI is InChI=1S/C26H22BrFN10O3/c1-13(39)23-17-8-15(16-9-30-14(2)31-10-16)6-7-19(17)38(35-23)12-22(40)37-11-18(28)24(34-36-29)25(37)26(41)33-21-5-3-4-20(27)32-21/h3-10,18,24-25H,11-12H2,1-2H3,(H,32,33,41)/t18-,24+,25-/m0/s1. The average molecular weight is 621 g/mol. The van der Waals surface area contributed by atoms with Gasteiger partial charge in [-0.15, -0.1) is 0 Å². The molecule has 0 radical (unpaired) electrons. The number of nitrogens with zero attached hydrogens (tertiary/aromatic N) is 9. The molecule has 1 aliphatic heterocycles. The van der Waals surface area contributed by atoms with Gasteiger partial charge in [0.1, 0.15) is 40.7 Å². The van der Waals surface area contributed by atoms with Gasteiger partial charge in [-0.1, -0.05) is 17.2 Å². The molecular weight excluding hydrogens is 599 g/mol. The summed E-state index contributed by atoms with van der Waals surface area (Å²) in [7, 11) is 0. The van der Waals surface area contributed by atoms with E-state index in [2.05, 4.69) is 51.3 Å². The first-order valence-corrected chi connectivity index (χ1v) is 13.2. The van der Waals surface area contributed by atoms with Gasteiger partial charge in [-0.3, -0.25) is 19.1 Å². The molecule has 4 heterocycles. The van der Waals surface area contributed by atoms with Crippen LogP contribution in [-0.2, 0) is 16.1 Å². The van der Waals surface area contributed by atoms with E-state index in [1.807, 2.05) is 0 Å². The number of rotatable bonds is 7. The maximum atomic E-state index is 15.0. The monoisotopic (exact) mass is 620 g/mol.